The van der Waals surface area contributed by atoms with Crippen LogP contribution >= 0.6 is 0 Å². The molecule has 1 N–H and O–H groups in total. The third-order valence-electron chi connectivity index (χ3n) is 3.36. The number of hydrogen-bond acceptors (Lipinski definition) is 2. The summed E-state index contributed by atoms with van der Waals surface area (Å²) >= 11 is 0. The summed E-state index contributed by atoms with van der Waals surface area (Å²) in [5.41, 5.74) is 2.18. The van der Waals surface area contributed by atoms with Crippen LogP contribution in [0.1, 0.15) is 30.5 Å². The fraction of sp³-hybridized carbons (Fsp3) is 0.278. The second-order valence-corrected chi connectivity index (χ2v) is 5.06. The molecule has 0 heterocycles. The van der Waals surface area contributed by atoms with Crippen LogP contribution in [0.2, 0.25) is 0 Å². The molecule has 0 aliphatic heterocycles. The average Bonchev–Trinajstić information content (AvgIpc) is 2.50. The lowest BCUT2D eigenvalue weighted by Gasteiger charge is -2.14. The van der Waals surface area contributed by atoms with Crippen LogP contribution in [-0.2, 0) is 4.79 Å². The molecule has 21 heavy (non-hydrogen) atoms. The molecule has 0 aliphatic rings. The summed E-state index contributed by atoms with van der Waals surface area (Å²) in [6.07, 6.45) is 0.353. The van der Waals surface area contributed by atoms with E-state index in [1.807, 2.05) is 68.4 Å². The van der Waals surface area contributed by atoms with Gasteiger partial charge in [0.15, 0.2) is 0 Å². The normalized spacial score (nSPS) is 11.7. The van der Waals surface area contributed by atoms with Gasteiger partial charge in [0.2, 0.25) is 5.91 Å². The molecule has 0 spiro atoms. The quantitative estimate of drug-likeness (QED) is 0.879. The van der Waals surface area contributed by atoms with E-state index < -0.39 is 0 Å². The Balaban J connectivity index is 1.76. The number of rotatable bonds is 6. The maximum Gasteiger partial charge on any atom is 0.223 e. The summed E-state index contributed by atoms with van der Waals surface area (Å²) < 4.78 is 5.63. The molecule has 0 aromatic heterocycles. The number of ether oxygens (including phenoxy) is 1. The second kappa shape index (κ2) is 7.48. The van der Waals surface area contributed by atoms with E-state index >= 15 is 0 Å². The van der Waals surface area contributed by atoms with Crippen molar-refractivity contribution in [2.45, 2.75) is 26.3 Å². The van der Waals surface area contributed by atoms with E-state index in [4.69, 9.17) is 4.74 Å². The lowest BCUT2D eigenvalue weighted by molar-refractivity contribution is -0.122. The number of amides is 1. The van der Waals surface area contributed by atoms with Crippen molar-refractivity contribution in [3.63, 3.8) is 0 Å². The van der Waals surface area contributed by atoms with Crippen molar-refractivity contribution < 1.29 is 9.53 Å². The first kappa shape index (κ1) is 15.1. The van der Waals surface area contributed by atoms with E-state index in [9.17, 15) is 4.79 Å². The molecule has 0 saturated carbocycles. The van der Waals surface area contributed by atoms with Gasteiger partial charge in [-0.15, -0.1) is 0 Å². The predicted molar refractivity (Wildman–Crippen MR) is 84.3 cm³/mol. The van der Waals surface area contributed by atoms with Crippen LogP contribution in [-0.4, -0.2) is 12.5 Å². The first-order valence-corrected chi connectivity index (χ1v) is 7.19. The maximum atomic E-state index is 11.9. The van der Waals surface area contributed by atoms with Crippen molar-refractivity contribution >= 4 is 5.91 Å². The minimum atomic E-state index is -0.0000581. The third-order valence-corrected chi connectivity index (χ3v) is 3.36. The number of carbonyl (C=O) groups is 1. The zero-order chi connectivity index (χ0) is 15.1. The first-order chi connectivity index (χ1) is 10.2. The van der Waals surface area contributed by atoms with Gasteiger partial charge in [0.05, 0.1) is 19.1 Å². The highest BCUT2D eigenvalue weighted by Crippen LogP contribution is 2.16. The monoisotopic (exact) mass is 283 g/mol. The molecule has 2 rings (SSSR count). The van der Waals surface area contributed by atoms with Gasteiger partial charge in [-0.2, -0.15) is 0 Å². The smallest absolute Gasteiger partial charge is 0.223 e. The standard InChI is InChI=1S/C18H21NO2/c1-14-8-6-7-11-17(14)21-13-12-18(20)19-15(2)16-9-4-3-5-10-16/h3-11,15H,12-13H2,1-2H3,(H,19,20)/t15-/m1/s1. The molecule has 1 amide bonds. The number of benzene rings is 2. The SMILES string of the molecule is Cc1ccccc1OCCC(=O)N[C@H](C)c1ccccc1. The van der Waals surface area contributed by atoms with Crippen LogP contribution in [0.5, 0.6) is 5.75 Å². The Hall–Kier alpha value is -2.29. The van der Waals surface area contributed by atoms with Crippen molar-refractivity contribution in [3.8, 4) is 5.75 Å². The molecule has 0 radical (unpaired) electrons. The molecule has 110 valence electrons. The van der Waals surface area contributed by atoms with Gasteiger partial charge in [-0.05, 0) is 31.0 Å². The Labute approximate surface area is 126 Å². The van der Waals surface area contributed by atoms with E-state index in [1.165, 1.54) is 0 Å². The third kappa shape index (κ3) is 4.63. The second-order valence-electron chi connectivity index (χ2n) is 5.06. The molecule has 3 heteroatoms. The first-order valence-electron chi connectivity index (χ1n) is 7.19. The Kier molecular flexibility index (Phi) is 5.38. The Morgan fingerprint density at radius 1 is 1.10 bits per heavy atom. The summed E-state index contributed by atoms with van der Waals surface area (Å²) in [7, 11) is 0. The number of carbonyl (C=O) groups excluding carboxylic acids is 1. The molecular formula is C18H21NO2. The van der Waals surface area contributed by atoms with Crippen molar-refractivity contribution in [1.29, 1.82) is 0 Å². The van der Waals surface area contributed by atoms with E-state index in [1.54, 1.807) is 0 Å². The van der Waals surface area contributed by atoms with E-state index in [2.05, 4.69) is 5.32 Å². The molecule has 0 unspecified atom stereocenters. The molecule has 0 fully saturated rings. The topological polar surface area (TPSA) is 38.3 Å². The summed E-state index contributed by atoms with van der Waals surface area (Å²) in [6.45, 7) is 4.36. The van der Waals surface area contributed by atoms with Gasteiger partial charge in [0.25, 0.3) is 0 Å². The fourth-order valence-corrected chi connectivity index (χ4v) is 2.11. The van der Waals surface area contributed by atoms with Gasteiger partial charge in [-0.25, -0.2) is 0 Å². The molecular weight excluding hydrogens is 262 g/mol. The zero-order valence-electron chi connectivity index (χ0n) is 12.5. The average molecular weight is 283 g/mol. The van der Waals surface area contributed by atoms with Crippen LogP contribution in [0.25, 0.3) is 0 Å². The van der Waals surface area contributed by atoms with Crippen LogP contribution < -0.4 is 10.1 Å². The van der Waals surface area contributed by atoms with Gasteiger partial charge >= 0.3 is 0 Å². The molecule has 1 atom stereocenters. The van der Waals surface area contributed by atoms with E-state index in [-0.39, 0.29) is 11.9 Å². The largest absolute Gasteiger partial charge is 0.493 e. The van der Waals surface area contributed by atoms with E-state index in [0.717, 1.165) is 16.9 Å². The Morgan fingerprint density at radius 2 is 1.76 bits per heavy atom. The predicted octanol–water partition coefficient (Wildman–Crippen LogP) is 3.64. The highest BCUT2D eigenvalue weighted by molar-refractivity contribution is 5.76. The van der Waals surface area contributed by atoms with Gasteiger partial charge in [-0.3, -0.25) is 4.79 Å². The number of para-hydroxylation sites is 1. The summed E-state index contributed by atoms with van der Waals surface area (Å²) in [5.74, 6) is 0.835. The highest BCUT2D eigenvalue weighted by atomic mass is 16.5. The van der Waals surface area contributed by atoms with Crippen LogP contribution in [0.4, 0.5) is 0 Å². The number of hydrogen-bond donors (Lipinski definition) is 1. The Bertz CT molecular complexity index is 581. The van der Waals surface area contributed by atoms with Crippen molar-refractivity contribution in [2.24, 2.45) is 0 Å². The van der Waals surface area contributed by atoms with Crippen LogP contribution in [0.15, 0.2) is 54.6 Å². The van der Waals surface area contributed by atoms with Gasteiger partial charge in [0.1, 0.15) is 5.75 Å². The van der Waals surface area contributed by atoms with Crippen molar-refractivity contribution in [2.75, 3.05) is 6.61 Å². The van der Waals surface area contributed by atoms with Crippen molar-refractivity contribution in [1.82, 2.24) is 5.32 Å². The summed E-state index contributed by atoms with van der Waals surface area (Å²) in [5, 5.41) is 2.98. The van der Waals surface area contributed by atoms with Gasteiger partial charge in [0, 0.05) is 0 Å². The lowest BCUT2D eigenvalue weighted by atomic mass is 10.1. The molecule has 0 bridgehead atoms. The fourth-order valence-electron chi connectivity index (χ4n) is 2.11. The minimum Gasteiger partial charge on any atom is -0.493 e. The minimum absolute atomic E-state index is 0.0000581. The molecule has 0 aliphatic carbocycles. The zero-order valence-corrected chi connectivity index (χ0v) is 12.5. The molecule has 2 aromatic rings. The van der Waals surface area contributed by atoms with E-state index in [0.29, 0.717) is 13.0 Å². The molecule has 2 aromatic carbocycles. The molecule has 0 saturated heterocycles. The van der Waals surface area contributed by atoms with Crippen LogP contribution in [0.3, 0.4) is 0 Å². The number of nitrogens with one attached hydrogen (secondary N) is 1. The van der Waals surface area contributed by atoms with Crippen molar-refractivity contribution in [3.05, 3.63) is 65.7 Å². The Morgan fingerprint density at radius 3 is 2.48 bits per heavy atom. The summed E-state index contributed by atoms with van der Waals surface area (Å²) in [4.78, 5) is 11.9. The maximum absolute atomic E-state index is 11.9. The van der Waals surface area contributed by atoms with Gasteiger partial charge < -0.3 is 10.1 Å². The van der Waals surface area contributed by atoms with Crippen LogP contribution in [0, 0.1) is 6.92 Å². The lowest BCUT2D eigenvalue weighted by Crippen LogP contribution is -2.27. The highest BCUT2D eigenvalue weighted by Gasteiger charge is 2.09. The summed E-state index contributed by atoms with van der Waals surface area (Å²) in [6, 6.07) is 17.7. The number of aryl methyl sites for hydroxylation is 1. The van der Waals surface area contributed by atoms with Gasteiger partial charge in [-0.1, -0.05) is 48.5 Å². The molecule has 3 nitrogen and oxygen atoms in total.